The van der Waals surface area contributed by atoms with Gasteiger partial charge in [0.05, 0.1) is 11.9 Å². The average Bonchev–Trinajstić information content (AvgIpc) is 3.27. The number of anilines is 1. The number of ether oxygens (including phenoxy) is 1. The molecule has 2 aliphatic rings. The van der Waals surface area contributed by atoms with Crippen molar-refractivity contribution in [2.75, 3.05) is 31.1 Å². The zero-order valence-electron chi connectivity index (χ0n) is 20.5. The Bertz CT molecular complexity index is 1170. The number of benzene rings is 1. The molecule has 2 saturated heterocycles. The Hall–Kier alpha value is -3.20. The van der Waals surface area contributed by atoms with Crippen LogP contribution in [0.3, 0.4) is 0 Å². The molecule has 0 radical (unpaired) electrons. The Balaban J connectivity index is 1.45. The van der Waals surface area contributed by atoms with Gasteiger partial charge in [0.1, 0.15) is 11.3 Å². The van der Waals surface area contributed by atoms with E-state index in [4.69, 9.17) is 24.9 Å². The zero-order valence-corrected chi connectivity index (χ0v) is 20.5. The Morgan fingerprint density at radius 2 is 2.03 bits per heavy atom. The third kappa shape index (κ3) is 4.96. The number of carboxylic acid groups (broad SMARTS) is 1. The lowest BCUT2D eigenvalue weighted by atomic mass is 9.80. The van der Waals surface area contributed by atoms with Crippen molar-refractivity contribution in [1.82, 2.24) is 25.1 Å². The summed E-state index contributed by atoms with van der Waals surface area (Å²) in [5, 5.41) is 16.6. The molecule has 35 heavy (non-hydrogen) atoms. The predicted molar refractivity (Wildman–Crippen MR) is 134 cm³/mol. The third-order valence-corrected chi connectivity index (χ3v) is 7.52. The van der Waals surface area contributed by atoms with Crippen LogP contribution in [0.2, 0.25) is 0 Å². The molecule has 3 aromatic rings. The Morgan fingerprint density at radius 1 is 1.26 bits per heavy atom. The molecule has 2 fully saturated rings. The highest BCUT2D eigenvalue weighted by atomic mass is 16.5. The molecular weight excluding hydrogens is 444 g/mol. The largest absolute Gasteiger partial charge is 0.465 e. The van der Waals surface area contributed by atoms with Crippen molar-refractivity contribution in [2.24, 2.45) is 5.41 Å². The Morgan fingerprint density at radius 3 is 2.71 bits per heavy atom. The number of aromatic nitrogens is 4. The lowest BCUT2D eigenvalue weighted by Crippen LogP contribution is -2.44. The molecule has 9 heteroatoms. The van der Waals surface area contributed by atoms with Crippen molar-refractivity contribution in [1.29, 1.82) is 0 Å². The van der Waals surface area contributed by atoms with E-state index in [1.165, 1.54) is 5.56 Å². The monoisotopic (exact) mass is 478 g/mol. The molecular formula is C26H34N6O3. The highest BCUT2D eigenvalue weighted by molar-refractivity contribution is 5.76. The summed E-state index contributed by atoms with van der Waals surface area (Å²) >= 11 is 0. The van der Waals surface area contributed by atoms with E-state index in [2.05, 4.69) is 48.3 Å². The van der Waals surface area contributed by atoms with Crippen molar-refractivity contribution in [3.8, 4) is 0 Å². The van der Waals surface area contributed by atoms with Gasteiger partial charge in [0.15, 0.2) is 11.9 Å². The van der Waals surface area contributed by atoms with Gasteiger partial charge in [-0.3, -0.25) is 0 Å². The minimum Gasteiger partial charge on any atom is -0.465 e. The van der Waals surface area contributed by atoms with Crippen LogP contribution in [-0.2, 0) is 4.74 Å². The van der Waals surface area contributed by atoms with E-state index in [0.29, 0.717) is 6.54 Å². The van der Waals surface area contributed by atoms with E-state index >= 15 is 0 Å². The summed E-state index contributed by atoms with van der Waals surface area (Å²) in [7, 11) is 0. The van der Waals surface area contributed by atoms with Crippen LogP contribution in [-0.4, -0.2) is 57.2 Å². The molecule has 2 N–H and O–H groups in total. The van der Waals surface area contributed by atoms with Crippen LogP contribution in [0, 0.1) is 5.41 Å². The van der Waals surface area contributed by atoms with Crippen LogP contribution in [0.25, 0.3) is 11.2 Å². The molecule has 1 amide bonds. The fraction of sp³-hybridized carbons (Fsp3) is 0.538. The molecule has 0 bridgehead atoms. The van der Waals surface area contributed by atoms with Crippen molar-refractivity contribution >= 4 is 23.1 Å². The summed E-state index contributed by atoms with van der Waals surface area (Å²) in [6.07, 6.45) is 5.63. The van der Waals surface area contributed by atoms with E-state index in [0.717, 1.165) is 74.5 Å². The number of piperidine rings is 1. The van der Waals surface area contributed by atoms with E-state index in [-0.39, 0.29) is 17.6 Å². The van der Waals surface area contributed by atoms with Crippen LogP contribution in [0.4, 0.5) is 10.6 Å². The number of carbonyl (C=O) groups is 1. The first kappa shape index (κ1) is 23.5. The van der Waals surface area contributed by atoms with Gasteiger partial charge in [0.2, 0.25) is 0 Å². The first-order valence-corrected chi connectivity index (χ1v) is 12.6. The number of hydrogen-bond donors (Lipinski definition) is 2. The molecule has 2 atom stereocenters. The first-order chi connectivity index (χ1) is 16.9. The lowest BCUT2D eigenvalue weighted by Gasteiger charge is -2.39. The number of amides is 1. The summed E-state index contributed by atoms with van der Waals surface area (Å²) in [4.78, 5) is 23.1. The number of nitrogens with one attached hydrogen (secondary N) is 1. The number of hydrogen-bond acceptors (Lipinski definition) is 6. The summed E-state index contributed by atoms with van der Waals surface area (Å²) in [5.41, 5.74) is 3.66. The predicted octanol–water partition coefficient (Wildman–Crippen LogP) is 4.55. The van der Waals surface area contributed by atoms with E-state index < -0.39 is 6.09 Å². The molecule has 4 heterocycles. The quantitative estimate of drug-likeness (QED) is 0.535. The van der Waals surface area contributed by atoms with Crippen LogP contribution in [0.1, 0.15) is 69.4 Å². The van der Waals surface area contributed by atoms with Crippen molar-refractivity contribution < 1.29 is 14.6 Å². The fourth-order valence-corrected chi connectivity index (χ4v) is 5.12. The lowest BCUT2D eigenvalue weighted by molar-refractivity contribution is -0.0372. The van der Waals surface area contributed by atoms with E-state index in [9.17, 15) is 4.79 Å². The molecule has 2 aliphatic heterocycles. The smallest absolute Gasteiger partial charge is 0.404 e. The highest BCUT2D eigenvalue weighted by Gasteiger charge is 2.32. The minimum atomic E-state index is -0.969. The first-order valence-electron chi connectivity index (χ1n) is 12.6. The molecule has 1 aromatic carbocycles. The maximum absolute atomic E-state index is 10.9. The van der Waals surface area contributed by atoms with Gasteiger partial charge in [-0.1, -0.05) is 44.2 Å². The Kier molecular flexibility index (Phi) is 6.60. The second-order valence-corrected chi connectivity index (χ2v) is 10.1. The maximum Gasteiger partial charge on any atom is 0.404 e. The van der Waals surface area contributed by atoms with Gasteiger partial charge in [0, 0.05) is 32.2 Å². The van der Waals surface area contributed by atoms with Gasteiger partial charge in [-0.05, 0) is 43.1 Å². The molecule has 9 nitrogen and oxygen atoms in total. The van der Waals surface area contributed by atoms with Gasteiger partial charge in [-0.25, -0.2) is 19.4 Å². The second kappa shape index (κ2) is 9.81. The van der Waals surface area contributed by atoms with Crippen molar-refractivity contribution in [3.05, 3.63) is 47.8 Å². The van der Waals surface area contributed by atoms with Gasteiger partial charge in [0.25, 0.3) is 0 Å². The normalized spacial score (nSPS) is 21.1. The topological polar surface area (TPSA) is 105 Å². The highest BCUT2D eigenvalue weighted by Crippen LogP contribution is 2.35. The number of nitrogens with zero attached hydrogens (tertiary/aromatic N) is 5. The van der Waals surface area contributed by atoms with Crippen LogP contribution in [0.5, 0.6) is 0 Å². The van der Waals surface area contributed by atoms with E-state index in [1.807, 2.05) is 16.9 Å². The summed E-state index contributed by atoms with van der Waals surface area (Å²) in [5.74, 6) is 0.919. The summed E-state index contributed by atoms with van der Waals surface area (Å²) < 4.78 is 8.04. The van der Waals surface area contributed by atoms with Crippen LogP contribution < -0.4 is 10.2 Å². The molecule has 0 aliphatic carbocycles. The summed E-state index contributed by atoms with van der Waals surface area (Å²) in [6, 6.07) is 10.4. The third-order valence-electron chi connectivity index (χ3n) is 7.52. The SMILES string of the molecule is CC(c1ccccc1)c1nn(C2CCCCO2)c2nc(N3CCC(C)(CNC(=O)O)CC3)cnc12. The average molecular weight is 479 g/mol. The maximum atomic E-state index is 10.9. The molecule has 5 rings (SSSR count). The molecule has 0 spiro atoms. The molecule has 2 unspecified atom stereocenters. The summed E-state index contributed by atoms with van der Waals surface area (Å²) in [6.45, 7) is 7.11. The molecule has 186 valence electrons. The van der Waals surface area contributed by atoms with Gasteiger partial charge in [-0.15, -0.1) is 0 Å². The number of rotatable bonds is 6. The Labute approximate surface area is 205 Å². The van der Waals surface area contributed by atoms with E-state index in [1.54, 1.807) is 0 Å². The number of fused-ring (bicyclic) bond motifs is 1. The zero-order chi connectivity index (χ0) is 24.4. The van der Waals surface area contributed by atoms with Crippen molar-refractivity contribution in [3.63, 3.8) is 0 Å². The fourth-order valence-electron chi connectivity index (χ4n) is 5.12. The standard InChI is InChI=1S/C26H34N6O3/c1-18(19-8-4-3-5-9-19)22-23-24(32(30-22)21-10-6-7-15-35-21)29-20(16-27-23)31-13-11-26(2,12-14-31)17-28-25(33)34/h3-5,8-9,16,18,21,28H,6-7,10-15,17H2,1-2H3,(H,33,34). The van der Waals surface area contributed by atoms with Crippen LogP contribution in [0.15, 0.2) is 36.5 Å². The molecule has 2 aromatic heterocycles. The van der Waals surface area contributed by atoms with Gasteiger partial charge >= 0.3 is 6.09 Å². The van der Waals surface area contributed by atoms with Crippen molar-refractivity contribution in [2.45, 2.75) is 58.1 Å². The molecule has 0 saturated carbocycles. The van der Waals surface area contributed by atoms with Crippen LogP contribution >= 0.6 is 0 Å². The minimum absolute atomic E-state index is 0.0532. The second-order valence-electron chi connectivity index (χ2n) is 10.1. The van der Waals surface area contributed by atoms with Gasteiger partial charge < -0.3 is 20.1 Å². The van der Waals surface area contributed by atoms with Gasteiger partial charge in [-0.2, -0.15) is 5.10 Å².